The van der Waals surface area contributed by atoms with Gasteiger partial charge < -0.3 is 26.2 Å². The molecule has 4 rings (SSSR count). The summed E-state index contributed by atoms with van der Waals surface area (Å²) in [5.41, 5.74) is -1.48. The molecule has 6 atom stereocenters. The highest BCUT2D eigenvalue weighted by Crippen LogP contribution is 2.65. The number of likely N-dealkylation sites (tertiary alicyclic amines) is 1. The van der Waals surface area contributed by atoms with Gasteiger partial charge in [0.2, 0.25) is 27.6 Å². The van der Waals surface area contributed by atoms with Gasteiger partial charge in [-0.25, -0.2) is 13.2 Å². The van der Waals surface area contributed by atoms with Crippen molar-refractivity contribution < 1.29 is 32.4 Å². The van der Waals surface area contributed by atoms with Crippen LogP contribution in [0.3, 0.4) is 0 Å². The highest BCUT2D eigenvalue weighted by molar-refractivity contribution is 7.88. The predicted molar refractivity (Wildman–Crippen MR) is 200 cm³/mol. The Morgan fingerprint density at radius 2 is 1.54 bits per heavy atom. The third kappa shape index (κ3) is 9.95. The number of fused-ring (bicyclic) bond motifs is 1. The molecule has 3 aliphatic carbocycles. The molecule has 0 aromatic rings. The summed E-state index contributed by atoms with van der Waals surface area (Å²) in [5, 5.41) is 11.3. The summed E-state index contributed by atoms with van der Waals surface area (Å²) in [6.07, 6.45) is 9.38. The van der Waals surface area contributed by atoms with E-state index in [1.54, 1.807) is 0 Å². The molecule has 0 aromatic heterocycles. The van der Waals surface area contributed by atoms with Gasteiger partial charge in [0.15, 0.2) is 0 Å². The summed E-state index contributed by atoms with van der Waals surface area (Å²) < 4.78 is 27.4. The fraction of sp³-hybridized carbons (Fsp3) is 0.816. The normalized spacial score (nSPS) is 25.0. The van der Waals surface area contributed by atoms with Gasteiger partial charge in [0, 0.05) is 32.2 Å². The van der Waals surface area contributed by atoms with Gasteiger partial charge in [0.1, 0.15) is 18.1 Å². The van der Waals surface area contributed by atoms with Gasteiger partial charge in [0.05, 0.1) is 6.26 Å². The van der Waals surface area contributed by atoms with E-state index in [1.165, 1.54) is 21.5 Å². The van der Waals surface area contributed by atoms with Crippen LogP contribution in [0.15, 0.2) is 12.7 Å². The van der Waals surface area contributed by atoms with Crippen molar-refractivity contribution in [3.63, 3.8) is 0 Å². The highest BCUT2D eigenvalue weighted by Gasteiger charge is 2.70. The number of amides is 5. The number of carbonyl (C=O) groups excluding carboxylic acids is 5. The molecule has 4 fully saturated rings. The molecule has 13 nitrogen and oxygen atoms in total. The summed E-state index contributed by atoms with van der Waals surface area (Å²) in [6.45, 7) is 20.0. The number of nitrogens with zero attached hydrogens (tertiary/aromatic N) is 2. The lowest BCUT2D eigenvalue weighted by Crippen LogP contribution is -2.63. The van der Waals surface area contributed by atoms with E-state index in [1.807, 2.05) is 41.5 Å². The number of piperidine rings is 1. The maximum atomic E-state index is 14.5. The van der Waals surface area contributed by atoms with Crippen LogP contribution in [0.25, 0.3) is 0 Å². The number of urea groups is 1. The zero-order valence-corrected chi connectivity index (χ0v) is 33.7. The first kappa shape index (κ1) is 41.8. The summed E-state index contributed by atoms with van der Waals surface area (Å²) in [6, 6.07) is -4.06. The SMILES string of the molecule is C=CCNC(=O)C(=O)C(NC(=O)[C@@H]1[C@@H]2[C@H](CN1C(=O)[C@@H](NC(=O)N[C@H](CN(CC1CCCCC1)S(C)(=O)=O)C(C)(C)C)C(C)(C)C)C2(C)C)C1CC1. The number of ketones is 1. The molecule has 1 aliphatic heterocycles. The number of nitrogens with one attached hydrogen (secondary N) is 4. The largest absolute Gasteiger partial charge is 0.346 e. The second kappa shape index (κ2) is 15.8. The summed E-state index contributed by atoms with van der Waals surface area (Å²) in [4.78, 5) is 69.6. The van der Waals surface area contributed by atoms with Crippen LogP contribution >= 0.6 is 0 Å². The summed E-state index contributed by atoms with van der Waals surface area (Å²) >= 11 is 0. The van der Waals surface area contributed by atoms with Crippen molar-refractivity contribution in [2.75, 3.05) is 32.4 Å². The van der Waals surface area contributed by atoms with Crippen molar-refractivity contribution in [3.8, 4) is 0 Å². The van der Waals surface area contributed by atoms with Gasteiger partial charge >= 0.3 is 6.03 Å². The molecule has 294 valence electrons. The molecular formula is C38H64N6O7S. The van der Waals surface area contributed by atoms with Gasteiger partial charge in [-0.15, -0.1) is 6.58 Å². The Morgan fingerprint density at radius 1 is 0.923 bits per heavy atom. The number of hydrogen-bond acceptors (Lipinski definition) is 7. The number of carbonyl (C=O) groups is 5. The van der Waals surface area contributed by atoms with Crippen molar-refractivity contribution in [3.05, 3.63) is 12.7 Å². The molecule has 0 spiro atoms. The van der Waals surface area contributed by atoms with Gasteiger partial charge in [-0.2, -0.15) is 4.31 Å². The fourth-order valence-electron chi connectivity index (χ4n) is 8.16. The first-order chi connectivity index (χ1) is 24.0. The topological polar surface area (TPSA) is 174 Å². The molecule has 52 heavy (non-hydrogen) atoms. The molecule has 0 bridgehead atoms. The maximum Gasteiger partial charge on any atom is 0.315 e. The molecule has 1 heterocycles. The van der Waals surface area contributed by atoms with Gasteiger partial charge in [-0.3, -0.25) is 19.2 Å². The molecular weight excluding hydrogens is 685 g/mol. The quantitative estimate of drug-likeness (QED) is 0.147. The van der Waals surface area contributed by atoms with E-state index >= 15 is 0 Å². The second-order valence-corrected chi connectivity index (χ2v) is 20.5. The van der Waals surface area contributed by atoms with Crippen molar-refractivity contribution in [1.29, 1.82) is 0 Å². The first-order valence-electron chi connectivity index (χ1n) is 19.0. The third-order valence-electron chi connectivity index (χ3n) is 11.8. The van der Waals surface area contributed by atoms with Gasteiger partial charge in [-0.05, 0) is 65.6 Å². The minimum Gasteiger partial charge on any atom is -0.346 e. The molecule has 1 saturated heterocycles. The smallest absolute Gasteiger partial charge is 0.315 e. The Labute approximate surface area is 311 Å². The molecule has 3 saturated carbocycles. The molecule has 0 radical (unpaired) electrons. The highest BCUT2D eigenvalue weighted by atomic mass is 32.2. The Morgan fingerprint density at radius 3 is 2.06 bits per heavy atom. The minimum atomic E-state index is -3.56. The molecule has 4 N–H and O–H groups in total. The number of rotatable bonds is 15. The predicted octanol–water partition coefficient (Wildman–Crippen LogP) is 3.21. The number of hydrogen-bond donors (Lipinski definition) is 4. The molecule has 4 aliphatic rings. The molecule has 0 aromatic carbocycles. The standard InChI is InChI=1S/C38H64N6O7S/c1-11-19-39-33(47)30(45)28(24-17-18-24)41-32(46)29-27-25(38(27,8)9)21-44(29)34(48)31(37(5,6)7)42-35(49)40-26(36(2,3)4)22-43(52(10,50)51)20-23-15-13-12-14-16-23/h11,23-29,31H,1,12-22H2,2-10H3,(H,39,47)(H,41,46)(H2,40,42,49)/t25-,26+,27-,28?,29-,31+/m0/s1. The lowest BCUT2D eigenvalue weighted by atomic mass is 9.84. The van der Waals surface area contributed by atoms with Crippen LogP contribution in [-0.4, -0.2) is 104 Å². The van der Waals surface area contributed by atoms with E-state index in [2.05, 4.69) is 41.7 Å². The average Bonchev–Trinajstić information content (AvgIpc) is 3.91. The van der Waals surface area contributed by atoms with Crippen LogP contribution < -0.4 is 21.3 Å². The van der Waals surface area contributed by atoms with Crippen molar-refractivity contribution >= 4 is 39.6 Å². The zero-order valence-electron chi connectivity index (χ0n) is 32.8. The monoisotopic (exact) mass is 748 g/mol. The van der Waals surface area contributed by atoms with Crippen molar-refractivity contribution in [2.24, 2.45) is 39.9 Å². The van der Waals surface area contributed by atoms with Crippen LogP contribution in [0.2, 0.25) is 0 Å². The maximum absolute atomic E-state index is 14.5. The summed E-state index contributed by atoms with van der Waals surface area (Å²) in [7, 11) is -3.56. The average molecular weight is 749 g/mol. The van der Waals surface area contributed by atoms with E-state index < -0.39 is 74.6 Å². The first-order valence-corrected chi connectivity index (χ1v) is 20.9. The van der Waals surface area contributed by atoms with Crippen LogP contribution in [0.1, 0.15) is 100 Å². The van der Waals surface area contributed by atoms with Crippen LogP contribution in [0.4, 0.5) is 4.79 Å². The zero-order chi connectivity index (χ0) is 39.0. The third-order valence-corrected chi connectivity index (χ3v) is 13.1. The molecule has 1 unspecified atom stereocenters. The van der Waals surface area contributed by atoms with Crippen LogP contribution in [-0.2, 0) is 29.2 Å². The number of sulfonamides is 1. The fourth-order valence-corrected chi connectivity index (χ4v) is 9.06. The Hall–Kier alpha value is -3.00. The van der Waals surface area contributed by atoms with Crippen molar-refractivity contribution in [2.45, 2.75) is 125 Å². The Kier molecular flexibility index (Phi) is 12.7. The minimum absolute atomic E-state index is 0.0593. The van der Waals surface area contributed by atoms with E-state index in [0.29, 0.717) is 25.9 Å². The van der Waals surface area contributed by atoms with E-state index in [-0.39, 0.29) is 42.2 Å². The van der Waals surface area contributed by atoms with E-state index in [0.717, 1.165) is 32.1 Å². The lowest BCUT2D eigenvalue weighted by molar-refractivity contribution is -0.145. The van der Waals surface area contributed by atoms with Gasteiger partial charge in [0.25, 0.3) is 5.91 Å². The van der Waals surface area contributed by atoms with Gasteiger partial charge in [-0.1, -0.05) is 80.7 Å². The number of Topliss-reactive ketones (excluding diaryl/α,β-unsaturated/α-hetero) is 1. The van der Waals surface area contributed by atoms with Crippen molar-refractivity contribution in [1.82, 2.24) is 30.5 Å². The molecule has 14 heteroatoms. The Bertz CT molecular complexity index is 1490. The summed E-state index contributed by atoms with van der Waals surface area (Å²) in [5.74, 6) is -2.35. The van der Waals surface area contributed by atoms with Crippen LogP contribution in [0.5, 0.6) is 0 Å². The molecule has 5 amide bonds. The van der Waals surface area contributed by atoms with Crippen LogP contribution in [0, 0.1) is 39.9 Å². The Balaban J connectivity index is 1.51. The second-order valence-electron chi connectivity index (χ2n) is 18.5. The van der Waals surface area contributed by atoms with E-state index in [4.69, 9.17) is 0 Å². The van der Waals surface area contributed by atoms with E-state index in [9.17, 15) is 32.4 Å². The lowest BCUT2D eigenvalue weighted by Gasteiger charge is -2.39.